The van der Waals surface area contributed by atoms with Crippen molar-refractivity contribution in [1.82, 2.24) is 0 Å². The molecule has 0 saturated heterocycles. The van der Waals surface area contributed by atoms with Crippen LogP contribution in [-0.4, -0.2) is 18.7 Å². The molecule has 2 aromatic rings. The molecule has 0 heterocycles. The first-order chi connectivity index (χ1) is 11.0. The molecular weight excluding hydrogens is 318 g/mol. The average Bonchev–Trinajstić information content (AvgIpc) is 2.53. The summed E-state index contributed by atoms with van der Waals surface area (Å²) in [5, 5.41) is 0. The van der Waals surface area contributed by atoms with Gasteiger partial charge in [0.05, 0.1) is 12.0 Å². The second-order valence-corrected chi connectivity index (χ2v) is 5.83. The van der Waals surface area contributed by atoms with Crippen LogP contribution in [0.3, 0.4) is 0 Å². The van der Waals surface area contributed by atoms with Crippen molar-refractivity contribution in [2.24, 2.45) is 0 Å². The van der Waals surface area contributed by atoms with E-state index in [9.17, 15) is 13.6 Å². The van der Waals surface area contributed by atoms with Crippen LogP contribution in [0.4, 0.5) is 8.78 Å². The average molecular weight is 334 g/mol. The van der Waals surface area contributed by atoms with Crippen molar-refractivity contribution in [2.45, 2.75) is 17.6 Å². The number of halogens is 2. The van der Waals surface area contributed by atoms with E-state index < -0.39 is 5.76 Å². The Balaban J connectivity index is 2.21. The van der Waals surface area contributed by atoms with Crippen molar-refractivity contribution < 1.29 is 18.3 Å². The van der Waals surface area contributed by atoms with E-state index in [-0.39, 0.29) is 11.5 Å². The summed E-state index contributed by atoms with van der Waals surface area (Å²) in [7, 11) is 1.39. The molecule has 2 aromatic carbocycles. The smallest absolute Gasteiger partial charge is 0.289 e. The summed E-state index contributed by atoms with van der Waals surface area (Å²) in [4.78, 5) is 12.5. The fourth-order valence-corrected chi connectivity index (χ4v) is 2.65. The highest BCUT2D eigenvalue weighted by Gasteiger charge is 2.13. The van der Waals surface area contributed by atoms with Gasteiger partial charge in [-0.2, -0.15) is 8.78 Å². The summed E-state index contributed by atoms with van der Waals surface area (Å²) in [5.74, 6) is -2.48. The van der Waals surface area contributed by atoms with E-state index in [1.165, 1.54) is 31.4 Å². The number of carbonyl (C=O) groups is 1. The van der Waals surface area contributed by atoms with Gasteiger partial charge in [-0.15, -0.1) is 0 Å². The zero-order chi connectivity index (χ0) is 16.8. The number of carbonyl (C=O) groups excluding carboxylic acids is 1. The SMILES string of the molecule is COc1cc(C(=O)C=Cc2ccccc2C)ccc1SC(F)F. The molecule has 120 valence electrons. The highest BCUT2D eigenvalue weighted by Crippen LogP contribution is 2.34. The number of ether oxygens (including phenoxy) is 1. The number of hydrogen-bond donors (Lipinski definition) is 0. The molecule has 0 aliphatic heterocycles. The molecule has 0 saturated carbocycles. The Morgan fingerprint density at radius 2 is 1.96 bits per heavy atom. The van der Waals surface area contributed by atoms with Gasteiger partial charge in [0.2, 0.25) is 0 Å². The van der Waals surface area contributed by atoms with Gasteiger partial charge in [0.1, 0.15) is 5.75 Å². The number of allylic oxidation sites excluding steroid dienone is 1. The Hall–Kier alpha value is -2.14. The van der Waals surface area contributed by atoms with Crippen molar-refractivity contribution in [2.75, 3.05) is 7.11 Å². The largest absolute Gasteiger partial charge is 0.496 e. The van der Waals surface area contributed by atoms with Gasteiger partial charge in [-0.3, -0.25) is 4.79 Å². The lowest BCUT2D eigenvalue weighted by molar-refractivity contribution is 0.104. The first kappa shape index (κ1) is 17.2. The molecule has 0 spiro atoms. The summed E-state index contributed by atoms with van der Waals surface area (Å²) in [6.45, 7) is 1.96. The first-order valence-corrected chi connectivity index (χ1v) is 7.80. The van der Waals surface area contributed by atoms with Gasteiger partial charge in [-0.1, -0.05) is 42.1 Å². The van der Waals surface area contributed by atoms with Gasteiger partial charge in [-0.25, -0.2) is 0 Å². The Bertz CT molecular complexity index is 727. The third kappa shape index (κ3) is 4.66. The summed E-state index contributed by atoms with van der Waals surface area (Å²) in [6, 6.07) is 12.2. The first-order valence-electron chi connectivity index (χ1n) is 6.92. The quantitative estimate of drug-likeness (QED) is 0.412. The fraction of sp³-hybridized carbons (Fsp3) is 0.167. The number of benzene rings is 2. The third-order valence-electron chi connectivity index (χ3n) is 3.27. The van der Waals surface area contributed by atoms with Crippen LogP contribution in [0.2, 0.25) is 0 Å². The lowest BCUT2D eigenvalue weighted by atomic mass is 10.1. The van der Waals surface area contributed by atoms with E-state index in [1.54, 1.807) is 6.08 Å². The molecule has 0 aliphatic rings. The van der Waals surface area contributed by atoms with Gasteiger partial charge < -0.3 is 4.74 Å². The van der Waals surface area contributed by atoms with E-state index in [0.717, 1.165) is 11.1 Å². The van der Waals surface area contributed by atoms with Crippen molar-refractivity contribution >= 4 is 23.6 Å². The number of methoxy groups -OCH3 is 1. The molecule has 0 bridgehead atoms. The van der Waals surface area contributed by atoms with Crippen LogP contribution < -0.4 is 4.74 Å². The molecule has 0 N–H and O–H groups in total. The van der Waals surface area contributed by atoms with E-state index in [0.29, 0.717) is 22.2 Å². The van der Waals surface area contributed by atoms with Gasteiger partial charge >= 0.3 is 0 Å². The van der Waals surface area contributed by atoms with Gasteiger partial charge in [-0.05, 0) is 42.3 Å². The minimum absolute atomic E-state index is 0.208. The van der Waals surface area contributed by atoms with Crippen LogP contribution in [0, 0.1) is 6.92 Å². The molecule has 0 atom stereocenters. The normalized spacial score (nSPS) is 11.2. The predicted molar refractivity (Wildman–Crippen MR) is 89.4 cm³/mol. The lowest BCUT2D eigenvalue weighted by Gasteiger charge is -2.08. The number of thioether (sulfide) groups is 1. The Kier molecular flexibility index (Phi) is 5.93. The molecule has 0 fully saturated rings. The Morgan fingerprint density at radius 1 is 1.22 bits per heavy atom. The Morgan fingerprint density at radius 3 is 2.61 bits per heavy atom. The molecule has 0 aromatic heterocycles. The summed E-state index contributed by atoms with van der Waals surface area (Å²) >= 11 is 0.395. The Labute approximate surface area is 138 Å². The minimum atomic E-state index is -2.54. The molecule has 2 nitrogen and oxygen atoms in total. The van der Waals surface area contributed by atoms with Gasteiger partial charge in [0.25, 0.3) is 5.76 Å². The number of alkyl halides is 2. The van der Waals surface area contributed by atoms with E-state index in [2.05, 4.69) is 0 Å². The standard InChI is InChI=1S/C18H16F2O2S/c1-12-5-3-4-6-13(12)7-9-15(21)14-8-10-17(23-18(19)20)16(11-14)22-2/h3-11,18H,1-2H3. The van der Waals surface area contributed by atoms with Crippen molar-refractivity contribution in [1.29, 1.82) is 0 Å². The summed E-state index contributed by atoms with van der Waals surface area (Å²) in [6.07, 6.45) is 3.21. The number of ketones is 1. The zero-order valence-corrected chi connectivity index (χ0v) is 13.6. The second kappa shape index (κ2) is 7.92. The molecule has 2 rings (SSSR count). The van der Waals surface area contributed by atoms with Gasteiger partial charge in [0.15, 0.2) is 5.78 Å². The summed E-state index contributed by atoms with van der Waals surface area (Å²) < 4.78 is 30.0. The van der Waals surface area contributed by atoms with Crippen molar-refractivity contribution in [3.8, 4) is 5.75 Å². The highest BCUT2D eigenvalue weighted by atomic mass is 32.2. The fourth-order valence-electron chi connectivity index (χ4n) is 2.05. The van der Waals surface area contributed by atoms with Crippen LogP contribution in [0.5, 0.6) is 5.75 Å². The molecule has 0 aliphatic carbocycles. The van der Waals surface area contributed by atoms with E-state index >= 15 is 0 Å². The van der Waals surface area contributed by atoms with Gasteiger partial charge in [0, 0.05) is 5.56 Å². The van der Waals surface area contributed by atoms with Crippen LogP contribution >= 0.6 is 11.8 Å². The summed E-state index contributed by atoms with van der Waals surface area (Å²) in [5.41, 5.74) is 2.42. The van der Waals surface area contributed by atoms with E-state index in [4.69, 9.17) is 4.74 Å². The maximum Gasteiger partial charge on any atom is 0.289 e. The number of rotatable bonds is 6. The molecule has 0 radical (unpaired) electrons. The van der Waals surface area contributed by atoms with Crippen LogP contribution in [0.25, 0.3) is 6.08 Å². The number of aryl methyl sites for hydroxylation is 1. The maximum atomic E-state index is 12.5. The molecule has 0 unspecified atom stereocenters. The molecule has 23 heavy (non-hydrogen) atoms. The van der Waals surface area contributed by atoms with Crippen molar-refractivity contribution in [3.63, 3.8) is 0 Å². The monoisotopic (exact) mass is 334 g/mol. The minimum Gasteiger partial charge on any atom is -0.496 e. The van der Waals surface area contributed by atoms with E-state index in [1.807, 2.05) is 31.2 Å². The van der Waals surface area contributed by atoms with Crippen LogP contribution in [0.1, 0.15) is 21.5 Å². The van der Waals surface area contributed by atoms with Crippen LogP contribution in [-0.2, 0) is 0 Å². The topological polar surface area (TPSA) is 26.3 Å². The number of hydrogen-bond acceptors (Lipinski definition) is 3. The second-order valence-electron chi connectivity index (χ2n) is 4.80. The maximum absolute atomic E-state index is 12.5. The molecule has 0 amide bonds. The van der Waals surface area contributed by atoms with Crippen molar-refractivity contribution in [3.05, 3.63) is 65.2 Å². The molecular formula is C18H16F2O2S. The molecule has 5 heteroatoms. The zero-order valence-electron chi connectivity index (χ0n) is 12.8. The lowest BCUT2D eigenvalue weighted by Crippen LogP contribution is -1.97. The highest BCUT2D eigenvalue weighted by molar-refractivity contribution is 7.99. The van der Waals surface area contributed by atoms with Crippen LogP contribution in [0.15, 0.2) is 53.4 Å². The third-order valence-corrected chi connectivity index (χ3v) is 4.04. The predicted octanol–water partition coefficient (Wildman–Crippen LogP) is 5.21.